The van der Waals surface area contributed by atoms with E-state index in [-0.39, 0.29) is 44.2 Å². The number of carbonyl (C=O) groups is 3. The molecule has 9 N–H and O–H groups in total. The van der Waals surface area contributed by atoms with E-state index in [1.54, 1.807) is 18.2 Å². The van der Waals surface area contributed by atoms with Crippen molar-refractivity contribution in [3.63, 3.8) is 0 Å². The van der Waals surface area contributed by atoms with Gasteiger partial charge in [-0.1, -0.05) is 6.07 Å². The molecule has 222 valence electrons. The van der Waals surface area contributed by atoms with E-state index in [4.69, 9.17) is 26.6 Å². The van der Waals surface area contributed by atoms with E-state index >= 15 is 0 Å². The highest BCUT2D eigenvalue weighted by Crippen LogP contribution is 2.30. The van der Waals surface area contributed by atoms with Gasteiger partial charge in [0.25, 0.3) is 5.91 Å². The lowest BCUT2D eigenvalue weighted by atomic mass is 9.78. The lowest BCUT2D eigenvalue weighted by Crippen LogP contribution is -2.52. The van der Waals surface area contributed by atoms with Gasteiger partial charge in [0.15, 0.2) is 0 Å². The largest absolute Gasteiger partial charge is 0.492 e. The molecular weight excluding hydrogens is 534 g/mol. The van der Waals surface area contributed by atoms with Crippen molar-refractivity contribution in [3.05, 3.63) is 53.8 Å². The van der Waals surface area contributed by atoms with Crippen molar-refractivity contribution in [3.8, 4) is 5.75 Å². The van der Waals surface area contributed by atoms with Crippen LogP contribution in [0.2, 0.25) is 0 Å². The van der Waals surface area contributed by atoms with Crippen molar-refractivity contribution >= 4 is 36.0 Å². The molecule has 12 nitrogen and oxygen atoms in total. The number of nitrogens with two attached hydrogens (primary N) is 3. The first-order valence-electron chi connectivity index (χ1n) is 13.4. The molecule has 2 aromatic carbocycles. The first-order chi connectivity index (χ1) is 19.4. The fourth-order valence-corrected chi connectivity index (χ4v) is 4.44. The second-order valence-electron chi connectivity index (χ2n) is 10.2. The first kappa shape index (κ1) is 32.0. The summed E-state index contributed by atoms with van der Waals surface area (Å²) in [6, 6.07) is 7.89. The van der Waals surface area contributed by atoms with E-state index in [2.05, 4.69) is 10.6 Å². The second kappa shape index (κ2) is 14.4. The van der Waals surface area contributed by atoms with E-state index in [1.807, 2.05) is 13.8 Å². The van der Waals surface area contributed by atoms with Crippen LogP contribution in [0.25, 0.3) is 0 Å². The average molecular weight is 572 g/mol. The molecule has 0 bridgehead atoms. The molecule has 0 saturated heterocycles. The van der Waals surface area contributed by atoms with Gasteiger partial charge in [0.1, 0.15) is 24.2 Å². The Morgan fingerprint density at radius 3 is 2.39 bits per heavy atom. The van der Waals surface area contributed by atoms with E-state index in [9.17, 15) is 23.8 Å². The summed E-state index contributed by atoms with van der Waals surface area (Å²) in [4.78, 5) is 40.2. The Kier molecular flexibility index (Phi) is 11.2. The Morgan fingerprint density at radius 2 is 1.76 bits per heavy atom. The molecule has 0 unspecified atom stereocenters. The van der Waals surface area contributed by atoms with Gasteiger partial charge in [0.05, 0.1) is 11.6 Å². The molecule has 0 aliphatic carbocycles. The Labute approximate surface area is 238 Å². The molecule has 0 radical (unpaired) electrons. The van der Waals surface area contributed by atoms with Gasteiger partial charge in [-0.05, 0) is 67.7 Å². The summed E-state index contributed by atoms with van der Waals surface area (Å²) in [7, 11) is -1.15. The Hall–Kier alpha value is -3.56. The van der Waals surface area contributed by atoms with Crippen LogP contribution < -0.4 is 38.0 Å². The number of benzene rings is 2. The van der Waals surface area contributed by atoms with Gasteiger partial charge in [-0.15, -0.1) is 0 Å². The van der Waals surface area contributed by atoms with Crippen molar-refractivity contribution in [1.29, 1.82) is 0 Å². The molecule has 3 amide bonds. The van der Waals surface area contributed by atoms with E-state index < -0.39 is 42.4 Å². The van der Waals surface area contributed by atoms with E-state index in [1.165, 1.54) is 29.2 Å². The Morgan fingerprint density at radius 1 is 1.10 bits per heavy atom. The predicted molar refractivity (Wildman–Crippen MR) is 153 cm³/mol. The van der Waals surface area contributed by atoms with Crippen LogP contribution in [-0.4, -0.2) is 79.6 Å². The van der Waals surface area contributed by atoms with Crippen molar-refractivity contribution in [2.75, 3.05) is 38.1 Å². The molecule has 1 heterocycles. The molecule has 14 heteroatoms. The molecule has 0 aromatic heterocycles. The number of carbonyl (C=O) groups excluding carboxylic acids is 3. The van der Waals surface area contributed by atoms with E-state index in [0.717, 1.165) is 5.56 Å². The summed E-state index contributed by atoms with van der Waals surface area (Å²) < 4.78 is 24.5. The van der Waals surface area contributed by atoms with Crippen LogP contribution in [-0.2, 0) is 24.6 Å². The number of rotatable bonds is 14. The number of hydrogen-bond acceptors (Lipinski definition) is 9. The van der Waals surface area contributed by atoms with Gasteiger partial charge in [0.2, 0.25) is 11.8 Å². The minimum absolute atomic E-state index is 0.00655. The molecule has 0 saturated carbocycles. The maximum absolute atomic E-state index is 13.3. The summed E-state index contributed by atoms with van der Waals surface area (Å²) in [5, 5.41) is 15.6. The minimum Gasteiger partial charge on any atom is -0.491 e. The third-order valence-corrected chi connectivity index (χ3v) is 6.66. The van der Waals surface area contributed by atoms with Crippen LogP contribution in [0, 0.1) is 5.82 Å². The maximum atomic E-state index is 13.3. The lowest BCUT2D eigenvalue weighted by Gasteiger charge is -2.23. The third-order valence-electron chi connectivity index (χ3n) is 6.66. The van der Waals surface area contributed by atoms with Gasteiger partial charge < -0.3 is 47.1 Å². The van der Waals surface area contributed by atoms with Gasteiger partial charge in [-0.2, -0.15) is 0 Å². The quantitative estimate of drug-likeness (QED) is 0.156. The smallest absolute Gasteiger partial charge is 0.491 e. The van der Waals surface area contributed by atoms with Crippen molar-refractivity contribution in [2.45, 2.75) is 44.4 Å². The van der Waals surface area contributed by atoms with Crippen molar-refractivity contribution < 1.29 is 33.2 Å². The molecule has 0 fully saturated rings. The second-order valence-corrected chi connectivity index (χ2v) is 10.2. The monoisotopic (exact) mass is 572 g/mol. The highest BCUT2D eigenvalue weighted by molar-refractivity contribution is 6.62. The summed E-state index contributed by atoms with van der Waals surface area (Å²) in [5.74, 6) is -1.68. The highest BCUT2D eigenvalue weighted by atomic mass is 19.1. The van der Waals surface area contributed by atoms with Crippen LogP contribution >= 0.6 is 0 Å². The lowest BCUT2D eigenvalue weighted by molar-refractivity contribution is -0.132. The van der Waals surface area contributed by atoms with Crippen LogP contribution in [0.5, 0.6) is 5.75 Å². The standard InChI is InChI=1S/C27H38BFN6O6/c1-27(2)20-8-5-18(15-21(20)28(39)41-27)33-26(38)23(16-40-19-6-3-17(29)4-7-19)34-25(37)22(32)9-10-24(36)35(13-11-30)14-12-31/h3-8,15,22-23,39H,9-14,16,30-32H2,1-2H3,(H,33,38)(H,34,37)/t22-,23+/m0/s1. The topological polar surface area (TPSA) is 195 Å². The number of halogens is 1. The third kappa shape index (κ3) is 8.71. The summed E-state index contributed by atoms with van der Waals surface area (Å²) >= 11 is 0. The Bertz CT molecular complexity index is 1210. The summed E-state index contributed by atoms with van der Waals surface area (Å²) in [6.07, 6.45) is 0.0232. The number of ether oxygens (including phenoxy) is 1. The number of amides is 3. The molecule has 0 spiro atoms. The minimum atomic E-state index is -1.20. The molecule has 2 aromatic rings. The van der Waals surface area contributed by atoms with Gasteiger partial charge in [-0.3, -0.25) is 14.4 Å². The number of fused-ring (bicyclic) bond motifs is 1. The fourth-order valence-electron chi connectivity index (χ4n) is 4.44. The number of nitrogens with zero attached hydrogens (tertiary/aromatic N) is 1. The first-order valence-corrected chi connectivity index (χ1v) is 13.4. The molecule has 1 aliphatic rings. The fraction of sp³-hybridized carbons (Fsp3) is 0.444. The molecular formula is C27H38BFN6O6. The summed E-state index contributed by atoms with van der Waals surface area (Å²) in [6.45, 7) is 4.58. The van der Waals surface area contributed by atoms with Crippen molar-refractivity contribution in [2.24, 2.45) is 17.2 Å². The van der Waals surface area contributed by atoms with Gasteiger partial charge in [0, 0.05) is 38.3 Å². The number of anilines is 1. The SMILES string of the molecule is CC1(C)OB(O)c2cc(NC(=O)[C@@H](COc3ccc(F)cc3)NC(=O)[C@@H](N)CCC(=O)N(CCN)CCN)ccc21. The molecule has 1 aliphatic heterocycles. The number of hydrogen-bond donors (Lipinski definition) is 6. The van der Waals surface area contributed by atoms with Gasteiger partial charge in [-0.25, -0.2) is 4.39 Å². The van der Waals surface area contributed by atoms with E-state index in [0.29, 0.717) is 24.2 Å². The molecule has 2 atom stereocenters. The predicted octanol–water partition coefficient (Wildman–Crippen LogP) is -0.866. The van der Waals surface area contributed by atoms with Crippen LogP contribution in [0.3, 0.4) is 0 Å². The van der Waals surface area contributed by atoms with Crippen molar-refractivity contribution in [1.82, 2.24) is 10.2 Å². The number of nitrogens with one attached hydrogen (secondary N) is 2. The normalized spacial score (nSPS) is 15.0. The average Bonchev–Trinajstić information content (AvgIpc) is 3.16. The maximum Gasteiger partial charge on any atom is 0.492 e. The van der Waals surface area contributed by atoms with Crippen LogP contribution in [0.1, 0.15) is 32.3 Å². The Balaban J connectivity index is 1.69. The van der Waals surface area contributed by atoms with Crippen LogP contribution in [0.4, 0.5) is 10.1 Å². The van der Waals surface area contributed by atoms with Gasteiger partial charge >= 0.3 is 7.12 Å². The zero-order valence-electron chi connectivity index (χ0n) is 23.3. The van der Waals surface area contributed by atoms with Crippen LogP contribution in [0.15, 0.2) is 42.5 Å². The summed E-state index contributed by atoms with van der Waals surface area (Å²) in [5.41, 5.74) is 18.1. The molecule has 3 rings (SSSR count). The zero-order valence-corrected chi connectivity index (χ0v) is 23.3. The zero-order chi connectivity index (χ0) is 30.2. The molecule has 41 heavy (non-hydrogen) atoms. The highest BCUT2D eigenvalue weighted by Gasteiger charge is 2.40.